The summed E-state index contributed by atoms with van der Waals surface area (Å²) in [6.07, 6.45) is 2.38. The summed E-state index contributed by atoms with van der Waals surface area (Å²) >= 11 is 6.14. The molecule has 0 saturated heterocycles. The molecule has 0 atom stereocenters. The molecule has 0 saturated carbocycles. The molecule has 0 aliphatic carbocycles. The highest BCUT2D eigenvalue weighted by atomic mass is 35.5. The second kappa shape index (κ2) is 8.39. The quantitative estimate of drug-likeness (QED) is 0.639. The predicted octanol–water partition coefficient (Wildman–Crippen LogP) is 4.22. The Morgan fingerprint density at radius 2 is 1.93 bits per heavy atom. The highest BCUT2D eigenvalue weighted by molar-refractivity contribution is 6.32. The number of imidazole rings is 1. The van der Waals surface area contributed by atoms with Crippen LogP contribution in [0.15, 0.2) is 30.5 Å². The number of rotatable bonds is 7. The van der Waals surface area contributed by atoms with E-state index in [1.165, 1.54) is 14.2 Å². The first kappa shape index (κ1) is 19.8. The van der Waals surface area contributed by atoms with Gasteiger partial charge in [-0.3, -0.25) is 9.20 Å². The molecular formula is C20H22ClN3O4. The van der Waals surface area contributed by atoms with Crippen molar-refractivity contribution < 1.29 is 19.0 Å². The van der Waals surface area contributed by atoms with Crippen molar-refractivity contribution in [1.29, 1.82) is 0 Å². The number of carbonyl (C=O) groups is 1. The molecule has 0 radical (unpaired) electrons. The van der Waals surface area contributed by atoms with E-state index in [2.05, 4.69) is 10.3 Å². The van der Waals surface area contributed by atoms with Crippen LogP contribution < -0.4 is 19.5 Å². The normalized spacial score (nSPS) is 10.8. The van der Waals surface area contributed by atoms with Crippen LogP contribution in [0.25, 0.3) is 5.65 Å². The second-order valence-electron chi connectivity index (χ2n) is 5.90. The van der Waals surface area contributed by atoms with Gasteiger partial charge in [0.2, 0.25) is 0 Å². The van der Waals surface area contributed by atoms with Gasteiger partial charge >= 0.3 is 0 Å². The highest BCUT2D eigenvalue weighted by Crippen LogP contribution is 2.36. The standard InChI is InChI=1S/C20H22ClN3O4/c1-5-13-18(24-9-7-8-15(28-6-2)19(24)22-13)20(25)23-14-11-16(26-3)12(21)10-17(14)27-4/h7-11H,5-6H2,1-4H3,(H,23,25). The van der Waals surface area contributed by atoms with E-state index < -0.39 is 0 Å². The largest absolute Gasteiger partial charge is 0.495 e. The van der Waals surface area contributed by atoms with Crippen LogP contribution in [0.1, 0.15) is 30.0 Å². The van der Waals surface area contributed by atoms with Crippen LogP contribution in [0.5, 0.6) is 17.2 Å². The molecule has 1 N–H and O–H groups in total. The lowest BCUT2D eigenvalue weighted by Gasteiger charge is -2.13. The molecule has 0 aliphatic rings. The van der Waals surface area contributed by atoms with E-state index in [1.54, 1.807) is 22.7 Å². The molecule has 0 spiro atoms. The lowest BCUT2D eigenvalue weighted by atomic mass is 10.2. The molecule has 2 heterocycles. The average Bonchev–Trinajstić information content (AvgIpc) is 3.09. The Morgan fingerprint density at radius 1 is 1.18 bits per heavy atom. The minimum atomic E-state index is -0.319. The molecule has 7 nitrogen and oxygen atoms in total. The maximum atomic E-state index is 13.1. The minimum Gasteiger partial charge on any atom is -0.495 e. The Morgan fingerprint density at radius 3 is 2.57 bits per heavy atom. The van der Waals surface area contributed by atoms with E-state index >= 15 is 0 Å². The summed E-state index contributed by atoms with van der Waals surface area (Å²) in [4.78, 5) is 17.8. The maximum Gasteiger partial charge on any atom is 0.274 e. The topological polar surface area (TPSA) is 74.1 Å². The minimum absolute atomic E-state index is 0.319. The summed E-state index contributed by atoms with van der Waals surface area (Å²) in [6.45, 7) is 4.36. The summed E-state index contributed by atoms with van der Waals surface area (Å²) < 4.78 is 18.0. The van der Waals surface area contributed by atoms with Crippen molar-refractivity contribution in [2.75, 3.05) is 26.1 Å². The molecule has 8 heteroatoms. The van der Waals surface area contributed by atoms with Gasteiger partial charge in [-0.25, -0.2) is 4.98 Å². The van der Waals surface area contributed by atoms with Gasteiger partial charge < -0.3 is 19.5 Å². The molecule has 0 bridgehead atoms. The van der Waals surface area contributed by atoms with E-state index in [9.17, 15) is 4.79 Å². The summed E-state index contributed by atoms with van der Waals surface area (Å²) in [5.74, 6) is 1.18. The van der Waals surface area contributed by atoms with Gasteiger partial charge in [0.1, 0.15) is 17.2 Å². The number of fused-ring (bicyclic) bond motifs is 1. The van der Waals surface area contributed by atoms with Crippen molar-refractivity contribution in [3.63, 3.8) is 0 Å². The van der Waals surface area contributed by atoms with Gasteiger partial charge in [0.25, 0.3) is 5.91 Å². The SMILES string of the molecule is CCOc1cccn2c(C(=O)Nc3cc(OC)c(Cl)cc3OC)c(CC)nc12. The van der Waals surface area contributed by atoms with Gasteiger partial charge in [-0.1, -0.05) is 18.5 Å². The lowest BCUT2D eigenvalue weighted by Crippen LogP contribution is -2.17. The zero-order chi connectivity index (χ0) is 20.3. The van der Waals surface area contributed by atoms with E-state index in [-0.39, 0.29) is 5.91 Å². The third kappa shape index (κ3) is 3.57. The van der Waals surface area contributed by atoms with E-state index in [1.807, 2.05) is 26.0 Å². The number of carbonyl (C=O) groups excluding carboxylic acids is 1. The Bertz CT molecular complexity index is 1020. The van der Waals surface area contributed by atoms with Gasteiger partial charge in [0, 0.05) is 18.3 Å². The molecule has 0 aliphatic heterocycles. The van der Waals surface area contributed by atoms with E-state index in [0.717, 1.165) is 0 Å². The molecule has 2 aromatic heterocycles. The first-order valence-corrected chi connectivity index (χ1v) is 9.27. The summed E-state index contributed by atoms with van der Waals surface area (Å²) in [7, 11) is 3.02. The Balaban J connectivity index is 2.06. The first-order chi connectivity index (χ1) is 13.5. The number of hydrogen-bond acceptors (Lipinski definition) is 5. The smallest absolute Gasteiger partial charge is 0.274 e. The zero-order valence-electron chi connectivity index (χ0n) is 16.2. The number of amides is 1. The summed E-state index contributed by atoms with van der Waals surface area (Å²) in [6, 6.07) is 6.87. The molecule has 1 amide bonds. The number of ether oxygens (including phenoxy) is 3. The van der Waals surface area contributed by atoms with Crippen molar-refractivity contribution in [2.24, 2.45) is 0 Å². The van der Waals surface area contributed by atoms with Crippen molar-refractivity contribution in [2.45, 2.75) is 20.3 Å². The van der Waals surface area contributed by atoms with Crippen molar-refractivity contribution >= 4 is 28.8 Å². The monoisotopic (exact) mass is 403 g/mol. The number of anilines is 1. The third-order valence-electron chi connectivity index (χ3n) is 4.26. The van der Waals surface area contributed by atoms with Gasteiger partial charge in [-0.2, -0.15) is 0 Å². The van der Waals surface area contributed by atoms with Crippen LogP contribution in [0.4, 0.5) is 5.69 Å². The van der Waals surface area contributed by atoms with Crippen molar-refractivity contribution in [3.8, 4) is 17.2 Å². The van der Waals surface area contributed by atoms with E-state index in [0.29, 0.717) is 58.0 Å². The molecule has 28 heavy (non-hydrogen) atoms. The van der Waals surface area contributed by atoms with Crippen molar-refractivity contribution in [1.82, 2.24) is 9.38 Å². The second-order valence-corrected chi connectivity index (χ2v) is 6.31. The molecule has 0 unspecified atom stereocenters. The number of benzene rings is 1. The molecule has 0 fully saturated rings. The zero-order valence-corrected chi connectivity index (χ0v) is 17.0. The molecule has 148 valence electrons. The summed E-state index contributed by atoms with van der Waals surface area (Å²) in [5.41, 5.74) is 2.17. The van der Waals surface area contributed by atoms with Crippen molar-refractivity contribution in [3.05, 3.63) is 46.9 Å². The summed E-state index contributed by atoms with van der Waals surface area (Å²) in [5, 5.41) is 3.27. The molecule has 3 aromatic rings. The Hall–Kier alpha value is -2.93. The van der Waals surface area contributed by atoms with Crippen LogP contribution >= 0.6 is 11.6 Å². The highest BCUT2D eigenvalue weighted by Gasteiger charge is 2.22. The number of nitrogens with zero attached hydrogens (tertiary/aromatic N) is 2. The molecule has 1 aromatic carbocycles. The average molecular weight is 404 g/mol. The molecule has 3 rings (SSSR count). The molecular weight excluding hydrogens is 382 g/mol. The maximum absolute atomic E-state index is 13.1. The number of halogens is 1. The van der Waals surface area contributed by atoms with Crippen LogP contribution in [0, 0.1) is 0 Å². The number of aryl methyl sites for hydroxylation is 1. The van der Waals surface area contributed by atoms with E-state index in [4.69, 9.17) is 25.8 Å². The Kier molecular flexibility index (Phi) is 5.94. The fraction of sp³-hybridized carbons (Fsp3) is 0.300. The Labute approximate surface area is 168 Å². The van der Waals surface area contributed by atoms with Gasteiger partial charge in [0.05, 0.1) is 37.2 Å². The first-order valence-electron chi connectivity index (χ1n) is 8.89. The number of nitrogens with one attached hydrogen (secondary N) is 1. The van der Waals surface area contributed by atoms with Crippen LogP contribution in [0.3, 0.4) is 0 Å². The number of pyridine rings is 1. The lowest BCUT2D eigenvalue weighted by molar-refractivity contribution is 0.102. The number of methoxy groups -OCH3 is 2. The van der Waals surface area contributed by atoms with Gasteiger partial charge in [-0.05, 0) is 25.5 Å². The van der Waals surface area contributed by atoms with Crippen LogP contribution in [0.2, 0.25) is 5.02 Å². The number of hydrogen-bond donors (Lipinski definition) is 1. The third-order valence-corrected chi connectivity index (χ3v) is 4.55. The van der Waals surface area contributed by atoms with Gasteiger partial charge in [0.15, 0.2) is 11.4 Å². The fourth-order valence-corrected chi connectivity index (χ4v) is 3.22. The van der Waals surface area contributed by atoms with Crippen LogP contribution in [-0.2, 0) is 6.42 Å². The van der Waals surface area contributed by atoms with Crippen LogP contribution in [-0.4, -0.2) is 36.1 Å². The predicted molar refractivity (Wildman–Crippen MR) is 108 cm³/mol. The van der Waals surface area contributed by atoms with Gasteiger partial charge in [-0.15, -0.1) is 0 Å². The number of aromatic nitrogens is 2. The fourth-order valence-electron chi connectivity index (χ4n) is 2.98.